The molecule has 1 saturated carbocycles. The highest BCUT2D eigenvalue weighted by Crippen LogP contribution is 2.39. The van der Waals surface area contributed by atoms with Crippen molar-refractivity contribution in [1.29, 1.82) is 0 Å². The normalized spacial score (nSPS) is 27.4. The van der Waals surface area contributed by atoms with Crippen molar-refractivity contribution >= 4 is 32.5 Å². The summed E-state index contributed by atoms with van der Waals surface area (Å²) >= 11 is 1.77. The Balaban J connectivity index is 1.98. The van der Waals surface area contributed by atoms with E-state index in [1.54, 1.807) is 11.3 Å². The number of aliphatic hydroxyl groups excluding tert-OH is 1. The minimum absolute atomic E-state index is 0.0933. The van der Waals surface area contributed by atoms with Gasteiger partial charge >= 0.3 is 0 Å². The Hall–Kier alpha value is -1.36. The van der Waals surface area contributed by atoms with Gasteiger partial charge in [-0.25, -0.2) is 0 Å². The van der Waals surface area contributed by atoms with Crippen molar-refractivity contribution in [3.05, 3.63) is 35.7 Å². The molecule has 4 heteroatoms. The molecule has 0 saturated heterocycles. The fraction of sp³-hybridized carbons (Fsp3) is 0.375. The minimum atomic E-state index is -0.456. The number of nitrogens with zero attached hydrogens (tertiary/aromatic N) is 1. The smallest absolute Gasteiger partial charge is 0.0897 e. The summed E-state index contributed by atoms with van der Waals surface area (Å²) < 4.78 is 3.62. The highest BCUT2D eigenvalue weighted by atomic mass is 32.1. The van der Waals surface area contributed by atoms with Gasteiger partial charge in [-0.1, -0.05) is 18.2 Å². The van der Waals surface area contributed by atoms with Crippen LogP contribution in [0.5, 0.6) is 0 Å². The zero-order chi connectivity index (χ0) is 13.7. The first-order chi connectivity index (χ1) is 9.77. The molecule has 3 nitrogen and oxygen atoms in total. The van der Waals surface area contributed by atoms with E-state index in [0.29, 0.717) is 0 Å². The minimum Gasteiger partial charge on any atom is -0.389 e. The predicted octanol–water partition coefficient (Wildman–Crippen LogP) is 3.27. The Bertz CT molecular complexity index is 760. The molecule has 0 radical (unpaired) electrons. The Morgan fingerprint density at radius 1 is 1.15 bits per heavy atom. The second kappa shape index (κ2) is 4.58. The molecule has 3 aromatic rings. The third-order valence-electron chi connectivity index (χ3n) is 4.51. The molecular weight excluding hydrogens is 268 g/mol. The number of fused-ring (bicyclic) bond motifs is 3. The maximum absolute atomic E-state index is 10.5. The molecule has 2 aromatic heterocycles. The van der Waals surface area contributed by atoms with E-state index in [1.807, 2.05) is 0 Å². The standard InChI is InChI=1S/C16H18N2OS/c17-11-5-3-7-13(15(11)19)18-12-6-2-1-4-10(12)16-14(18)8-9-20-16/h1-2,4,6,8-9,11,13,15,19H,3,5,7,17H2/t11-,13+,15+/m1/s1. The molecular formula is C16H18N2OS. The van der Waals surface area contributed by atoms with Gasteiger partial charge in [0.15, 0.2) is 0 Å². The van der Waals surface area contributed by atoms with E-state index in [4.69, 9.17) is 5.73 Å². The van der Waals surface area contributed by atoms with Gasteiger partial charge in [-0.3, -0.25) is 0 Å². The molecule has 3 N–H and O–H groups in total. The maximum Gasteiger partial charge on any atom is 0.0897 e. The van der Waals surface area contributed by atoms with Crippen molar-refractivity contribution in [2.75, 3.05) is 0 Å². The summed E-state index contributed by atoms with van der Waals surface area (Å²) in [5, 5.41) is 13.9. The third-order valence-corrected chi connectivity index (χ3v) is 5.45. The second-order valence-corrected chi connectivity index (χ2v) is 6.59. The average molecular weight is 286 g/mol. The van der Waals surface area contributed by atoms with E-state index in [-0.39, 0.29) is 12.1 Å². The van der Waals surface area contributed by atoms with Crippen LogP contribution in [0, 0.1) is 0 Å². The highest BCUT2D eigenvalue weighted by Gasteiger charge is 2.32. The fourth-order valence-corrected chi connectivity index (χ4v) is 4.45. The van der Waals surface area contributed by atoms with Crippen LogP contribution in [0.4, 0.5) is 0 Å². The molecule has 104 valence electrons. The van der Waals surface area contributed by atoms with E-state index >= 15 is 0 Å². The topological polar surface area (TPSA) is 51.2 Å². The van der Waals surface area contributed by atoms with Crippen LogP contribution in [0.3, 0.4) is 0 Å². The molecule has 0 spiro atoms. The monoisotopic (exact) mass is 286 g/mol. The van der Waals surface area contributed by atoms with E-state index in [2.05, 4.69) is 40.3 Å². The van der Waals surface area contributed by atoms with Crippen molar-refractivity contribution < 1.29 is 5.11 Å². The van der Waals surface area contributed by atoms with Crippen molar-refractivity contribution in [2.45, 2.75) is 37.5 Å². The van der Waals surface area contributed by atoms with Crippen LogP contribution in [0.25, 0.3) is 21.1 Å². The van der Waals surface area contributed by atoms with Crippen LogP contribution < -0.4 is 5.73 Å². The number of hydrogen-bond donors (Lipinski definition) is 2. The number of aliphatic hydroxyl groups is 1. The quantitative estimate of drug-likeness (QED) is 0.721. The van der Waals surface area contributed by atoms with E-state index in [0.717, 1.165) is 19.3 Å². The summed E-state index contributed by atoms with van der Waals surface area (Å²) in [5.41, 5.74) is 8.52. The molecule has 1 aromatic carbocycles. The second-order valence-electron chi connectivity index (χ2n) is 5.67. The summed E-state index contributed by atoms with van der Waals surface area (Å²) in [6, 6.07) is 10.6. The molecule has 20 heavy (non-hydrogen) atoms. The Morgan fingerprint density at radius 3 is 2.90 bits per heavy atom. The average Bonchev–Trinajstić information content (AvgIpc) is 3.03. The first kappa shape index (κ1) is 12.4. The molecule has 0 aliphatic heterocycles. The lowest BCUT2D eigenvalue weighted by atomic mass is 9.88. The summed E-state index contributed by atoms with van der Waals surface area (Å²) in [5.74, 6) is 0. The SMILES string of the molecule is N[C@@H]1CCC[C@H](n2c3ccccc3c3sccc32)[C@H]1O. The van der Waals surface area contributed by atoms with E-state index < -0.39 is 6.10 Å². The van der Waals surface area contributed by atoms with Gasteiger partial charge in [-0.2, -0.15) is 0 Å². The van der Waals surface area contributed by atoms with Gasteiger partial charge < -0.3 is 15.4 Å². The lowest BCUT2D eigenvalue weighted by Crippen LogP contribution is -2.44. The molecule has 1 fully saturated rings. The largest absolute Gasteiger partial charge is 0.389 e. The first-order valence-electron chi connectivity index (χ1n) is 7.17. The van der Waals surface area contributed by atoms with E-state index in [1.165, 1.54) is 21.1 Å². The molecule has 1 aliphatic carbocycles. The molecule has 0 unspecified atom stereocenters. The van der Waals surface area contributed by atoms with Crippen LogP contribution in [0.2, 0.25) is 0 Å². The summed E-state index contributed by atoms with van der Waals surface area (Å²) in [6.07, 6.45) is 2.55. The first-order valence-corrected chi connectivity index (χ1v) is 8.05. The maximum atomic E-state index is 10.5. The van der Waals surface area contributed by atoms with Crippen molar-refractivity contribution in [3.8, 4) is 0 Å². The van der Waals surface area contributed by atoms with Gasteiger partial charge in [0.05, 0.1) is 27.9 Å². The number of hydrogen-bond acceptors (Lipinski definition) is 3. The number of rotatable bonds is 1. The van der Waals surface area contributed by atoms with Gasteiger partial charge in [0.2, 0.25) is 0 Å². The number of benzene rings is 1. The van der Waals surface area contributed by atoms with Gasteiger partial charge in [0.25, 0.3) is 0 Å². The number of para-hydroxylation sites is 1. The molecule has 3 atom stereocenters. The molecule has 1 aliphatic rings. The number of thiophene rings is 1. The predicted molar refractivity (Wildman–Crippen MR) is 84.2 cm³/mol. The third kappa shape index (κ3) is 1.65. The van der Waals surface area contributed by atoms with Gasteiger partial charge in [0.1, 0.15) is 0 Å². The van der Waals surface area contributed by atoms with Gasteiger partial charge in [-0.15, -0.1) is 11.3 Å². The molecule has 4 rings (SSSR count). The molecule has 2 heterocycles. The van der Waals surface area contributed by atoms with Crippen LogP contribution in [-0.4, -0.2) is 21.8 Å². The Labute approximate surface area is 121 Å². The summed E-state index contributed by atoms with van der Waals surface area (Å²) in [6.45, 7) is 0. The number of aromatic nitrogens is 1. The Kier molecular flexibility index (Phi) is 2.84. The fourth-order valence-electron chi connectivity index (χ4n) is 3.53. The lowest BCUT2D eigenvalue weighted by molar-refractivity contribution is 0.0606. The van der Waals surface area contributed by atoms with E-state index in [9.17, 15) is 5.11 Å². The zero-order valence-corrected chi connectivity index (χ0v) is 12.0. The van der Waals surface area contributed by atoms with Crippen LogP contribution in [0.1, 0.15) is 25.3 Å². The molecule has 0 bridgehead atoms. The van der Waals surface area contributed by atoms with Crippen LogP contribution >= 0.6 is 11.3 Å². The highest BCUT2D eigenvalue weighted by molar-refractivity contribution is 7.18. The summed E-state index contributed by atoms with van der Waals surface area (Å²) in [4.78, 5) is 0. The van der Waals surface area contributed by atoms with Crippen molar-refractivity contribution in [2.24, 2.45) is 5.73 Å². The van der Waals surface area contributed by atoms with Crippen molar-refractivity contribution in [3.63, 3.8) is 0 Å². The van der Waals surface area contributed by atoms with Gasteiger partial charge in [-0.05, 0) is 36.8 Å². The zero-order valence-electron chi connectivity index (χ0n) is 11.2. The van der Waals surface area contributed by atoms with Gasteiger partial charge in [0, 0.05) is 11.4 Å². The Morgan fingerprint density at radius 2 is 2.00 bits per heavy atom. The van der Waals surface area contributed by atoms with Crippen LogP contribution in [-0.2, 0) is 0 Å². The van der Waals surface area contributed by atoms with Crippen molar-refractivity contribution in [1.82, 2.24) is 4.57 Å². The lowest BCUT2D eigenvalue weighted by Gasteiger charge is -2.34. The van der Waals surface area contributed by atoms with Crippen LogP contribution in [0.15, 0.2) is 35.7 Å². The summed E-state index contributed by atoms with van der Waals surface area (Å²) in [7, 11) is 0. The molecule has 0 amide bonds. The number of nitrogens with two attached hydrogens (primary N) is 1.